The van der Waals surface area contributed by atoms with Gasteiger partial charge in [-0.05, 0) is 0 Å². The lowest BCUT2D eigenvalue weighted by Crippen LogP contribution is -2.19. The minimum absolute atomic E-state index is 0.0538. The Morgan fingerprint density at radius 3 is 3.09 bits per heavy atom. The molecule has 0 saturated carbocycles. The Balaban J connectivity index is 2.56. The quantitative estimate of drug-likeness (QED) is 0.556. The summed E-state index contributed by atoms with van der Waals surface area (Å²) in [6, 6.07) is 0. The van der Waals surface area contributed by atoms with E-state index in [4.69, 9.17) is 4.74 Å². The average Bonchev–Trinajstić information content (AvgIpc) is 2.29. The molecule has 58 valence electrons. The molecule has 0 radical (unpaired) electrons. The Labute approximate surface area is 65.4 Å². The van der Waals surface area contributed by atoms with Crippen molar-refractivity contribution in [2.45, 2.75) is 19.3 Å². The lowest BCUT2D eigenvalue weighted by molar-refractivity contribution is 0.290. The van der Waals surface area contributed by atoms with Crippen LogP contribution in [0, 0.1) is 0 Å². The number of hydrogen-bond donors (Lipinski definition) is 0. The van der Waals surface area contributed by atoms with Crippen LogP contribution in [0.2, 0.25) is 0 Å². The van der Waals surface area contributed by atoms with Crippen molar-refractivity contribution in [3.05, 3.63) is 18.2 Å². The van der Waals surface area contributed by atoms with Gasteiger partial charge in [-0.2, -0.15) is 0 Å². The van der Waals surface area contributed by atoms with Gasteiger partial charge in [0.1, 0.15) is 6.33 Å². The predicted molar refractivity (Wildman–Crippen MR) is 40.6 cm³/mol. The molecule has 1 aliphatic rings. The summed E-state index contributed by atoms with van der Waals surface area (Å²) in [7, 11) is 0. The fourth-order valence-electron chi connectivity index (χ4n) is 1.26. The van der Waals surface area contributed by atoms with Crippen LogP contribution in [0.25, 0.3) is 0 Å². The molecular formula is C8H10N2O. The molecule has 0 spiro atoms. The van der Waals surface area contributed by atoms with E-state index < -0.39 is 0 Å². The van der Waals surface area contributed by atoms with E-state index in [0.717, 1.165) is 11.4 Å². The summed E-state index contributed by atoms with van der Waals surface area (Å²) in [5, 5.41) is 0. The largest absolute Gasteiger partial charge is 0.489 e. The van der Waals surface area contributed by atoms with Crippen molar-refractivity contribution >= 4 is 0 Å². The van der Waals surface area contributed by atoms with Crippen LogP contribution >= 0.6 is 0 Å². The minimum atomic E-state index is 0.0538. The van der Waals surface area contributed by atoms with E-state index in [1.54, 1.807) is 12.5 Å². The lowest BCUT2D eigenvalue weighted by atomic mass is 9.92. The van der Waals surface area contributed by atoms with E-state index in [0.29, 0.717) is 6.61 Å². The van der Waals surface area contributed by atoms with Gasteiger partial charge in [0.25, 0.3) is 0 Å². The summed E-state index contributed by atoms with van der Waals surface area (Å²) in [5.41, 5.74) is 1.07. The monoisotopic (exact) mass is 150 g/mol. The summed E-state index contributed by atoms with van der Waals surface area (Å²) >= 11 is 0. The van der Waals surface area contributed by atoms with Crippen molar-refractivity contribution in [1.29, 1.82) is 0 Å². The predicted octanol–water partition coefficient (Wildman–Crippen LogP) is 1.15. The van der Waals surface area contributed by atoms with Crippen molar-refractivity contribution in [3.8, 4) is 5.75 Å². The zero-order chi connectivity index (χ0) is 7.90. The van der Waals surface area contributed by atoms with Gasteiger partial charge in [0.2, 0.25) is 0 Å². The normalized spacial score (nSPS) is 19.1. The highest BCUT2D eigenvalue weighted by molar-refractivity contribution is 5.34. The summed E-state index contributed by atoms with van der Waals surface area (Å²) in [4.78, 5) is 8.06. The standard InChI is InChI=1S/C8H10N2O/c1-8(2)4-11-6-3-9-5-10-7(6)8/h3,5H,4H2,1-2H3. The molecule has 3 heteroatoms. The molecule has 0 fully saturated rings. The van der Waals surface area contributed by atoms with Gasteiger partial charge in [-0.1, -0.05) is 13.8 Å². The SMILES string of the molecule is CC1(C)COc2cncnc21. The molecule has 1 aromatic heterocycles. The molecule has 1 aromatic rings. The van der Waals surface area contributed by atoms with Crippen molar-refractivity contribution in [3.63, 3.8) is 0 Å². The Morgan fingerprint density at radius 1 is 1.55 bits per heavy atom. The number of rotatable bonds is 0. The van der Waals surface area contributed by atoms with Gasteiger partial charge in [0.15, 0.2) is 5.75 Å². The molecule has 0 unspecified atom stereocenters. The third-order valence-electron chi connectivity index (χ3n) is 1.91. The molecular weight excluding hydrogens is 140 g/mol. The second-order valence-electron chi connectivity index (χ2n) is 3.41. The summed E-state index contributed by atoms with van der Waals surface area (Å²) in [6.45, 7) is 4.94. The van der Waals surface area contributed by atoms with E-state index in [9.17, 15) is 0 Å². The molecule has 2 rings (SSSR count). The first-order chi connectivity index (χ1) is 5.20. The number of ether oxygens (including phenoxy) is 1. The summed E-state index contributed by atoms with van der Waals surface area (Å²) < 4.78 is 5.39. The molecule has 11 heavy (non-hydrogen) atoms. The van der Waals surface area contributed by atoms with Crippen LogP contribution < -0.4 is 4.74 Å². The fraction of sp³-hybridized carbons (Fsp3) is 0.500. The van der Waals surface area contributed by atoms with Gasteiger partial charge < -0.3 is 4.74 Å². The first-order valence-corrected chi connectivity index (χ1v) is 3.63. The Bertz CT molecular complexity index is 283. The molecule has 0 aromatic carbocycles. The van der Waals surface area contributed by atoms with Crippen molar-refractivity contribution < 1.29 is 4.74 Å². The first kappa shape index (κ1) is 6.58. The molecule has 1 aliphatic heterocycles. The lowest BCUT2D eigenvalue weighted by Gasteiger charge is -2.12. The topological polar surface area (TPSA) is 35.0 Å². The van der Waals surface area contributed by atoms with Crippen LogP contribution in [0.15, 0.2) is 12.5 Å². The van der Waals surface area contributed by atoms with E-state index in [1.165, 1.54) is 0 Å². The summed E-state index contributed by atoms with van der Waals surface area (Å²) in [6.07, 6.45) is 3.28. The molecule has 2 heterocycles. The van der Waals surface area contributed by atoms with Crippen molar-refractivity contribution in [1.82, 2.24) is 9.97 Å². The molecule has 0 aliphatic carbocycles. The van der Waals surface area contributed by atoms with E-state index in [2.05, 4.69) is 23.8 Å². The minimum Gasteiger partial charge on any atom is -0.489 e. The van der Waals surface area contributed by atoms with Crippen LogP contribution in [0.4, 0.5) is 0 Å². The van der Waals surface area contributed by atoms with Crippen LogP contribution in [0.5, 0.6) is 5.75 Å². The molecule has 0 atom stereocenters. The van der Waals surface area contributed by atoms with Gasteiger partial charge in [-0.3, -0.25) is 0 Å². The molecule has 0 N–H and O–H groups in total. The van der Waals surface area contributed by atoms with Crippen LogP contribution in [0.1, 0.15) is 19.5 Å². The van der Waals surface area contributed by atoms with Gasteiger partial charge in [0.05, 0.1) is 18.5 Å². The maximum absolute atomic E-state index is 5.39. The maximum Gasteiger partial charge on any atom is 0.159 e. The third-order valence-corrected chi connectivity index (χ3v) is 1.91. The Kier molecular flexibility index (Phi) is 1.16. The number of fused-ring (bicyclic) bond motifs is 1. The molecule has 0 amide bonds. The maximum atomic E-state index is 5.39. The first-order valence-electron chi connectivity index (χ1n) is 3.63. The van der Waals surface area contributed by atoms with E-state index in [1.807, 2.05) is 0 Å². The second kappa shape index (κ2) is 1.94. The highest BCUT2D eigenvalue weighted by Crippen LogP contribution is 2.35. The van der Waals surface area contributed by atoms with Gasteiger partial charge in [-0.25, -0.2) is 9.97 Å². The van der Waals surface area contributed by atoms with Gasteiger partial charge >= 0.3 is 0 Å². The number of aromatic nitrogens is 2. The highest BCUT2D eigenvalue weighted by Gasteiger charge is 2.33. The van der Waals surface area contributed by atoms with Gasteiger partial charge in [0, 0.05) is 5.41 Å². The molecule has 3 nitrogen and oxygen atoms in total. The fourth-order valence-corrected chi connectivity index (χ4v) is 1.26. The number of nitrogens with zero attached hydrogens (tertiary/aromatic N) is 2. The second-order valence-corrected chi connectivity index (χ2v) is 3.41. The van der Waals surface area contributed by atoms with Crippen molar-refractivity contribution in [2.75, 3.05) is 6.61 Å². The molecule has 0 bridgehead atoms. The Hall–Kier alpha value is -1.12. The average molecular weight is 150 g/mol. The van der Waals surface area contributed by atoms with Crippen molar-refractivity contribution in [2.24, 2.45) is 0 Å². The van der Waals surface area contributed by atoms with Crippen LogP contribution in [-0.2, 0) is 5.41 Å². The van der Waals surface area contributed by atoms with Crippen LogP contribution in [0.3, 0.4) is 0 Å². The highest BCUT2D eigenvalue weighted by atomic mass is 16.5. The Morgan fingerprint density at radius 2 is 2.36 bits per heavy atom. The van der Waals surface area contributed by atoms with Crippen LogP contribution in [-0.4, -0.2) is 16.6 Å². The third kappa shape index (κ3) is 0.878. The van der Waals surface area contributed by atoms with Gasteiger partial charge in [-0.15, -0.1) is 0 Å². The number of hydrogen-bond acceptors (Lipinski definition) is 3. The zero-order valence-electron chi connectivity index (χ0n) is 6.66. The van der Waals surface area contributed by atoms with E-state index >= 15 is 0 Å². The zero-order valence-corrected chi connectivity index (χ0v) is 6.66. The summed E-state index contributed by atoms with van der Waals surface area (Å²) in [5.74, 6) is 0.831. The van der Waals surface area contributed by atoms with E-state index in [-0.39, 0.29) is 5.41 Å². The smallest absolute Gasteiger partial charge is 0.159 e. The molecule has 0 saturated heterocycles.